The molecule has 6 heteroatoms. The lowest BCUT2D eigenvalue weighted by Crippen LogP contribution is -2.16. The highest BCUT2D eigenvalue weighted by molar-refractivity contribution is 6.07. The van der Waals surface area contributed by atoms with Crippen LogP contribution < -0.4 is 10.6 Å². The second-order valence-corrected chi connectivity index (χ2v) is 5.58. The first-order valence-electron chi connectivity index (χ1n) is 7.84. The Kier molecular flexibility index (Phi) is 4.61. The number of nitrogens with zero attached hydrogens (tertiary/aromatic N) is 2. The highest BCUT2D eigenvalue weighted by atomic mass is 16.2. The molecule has 2 N–H and O–H groups in total. The van der Waals surface area contributed by atoms with Gasteiger partial charge in [0.15, 0.2) is 0 Å². The molecule has 0 radical (unpaired) electrons. The van der Waals surface area contributed by atoms with Crippen LogP contribution in [0.5, 0.6) is 0 Å². The molecule has 0 aliphatic heterocycles. The van der Waals surface area contributed by atoms with Gasteiger partial charge in [0.25, 0.3) is 5.91 Å². The Labute approximate surface area is 145 Å². The molecular weight excluding hydrogens is 316 g/mol. The molecule has 0 atom stereocenters. The van der Waals surface area contributed by atoms with Crippen LogP contribution in [0.4, 0.5) is 11.4 Å². The molecule has 0 aliphatic rings. The van der Waals surface area contributed by atoms with Crippen molar-refractivity contribution >= 4 is 23.2 Å². The molecule has 0 bridgehead atoms. The Balaban J connectivity index is 1.91. The summed E-state index contributed by atoms with van der Waals surface area (Å²) in [5.41, 5.74) is 3.32. The van der Waals surface area contributed by atoms with Crippen molar-refractivity contribution in [2.45, 2.75) is 13.8 Å². The summed E-state index contributed by atoms with van der Waals surface area (Å²) in [5.74, 6) is -0.398. The number of nitrogens with one attached hydrogen (secondary N) is 2. The molecule has 126 valence electrons. The lowest BCUT2D eigenvalue weighted by atomic mass is 10.1. The van der Waals surface area contributed by atoms with E-state index < -0.39 is 0 Å². The molecule has 0 saturated heterocycles. The van der Waals surface area contributed by atoms with Gasteiger partial charge in [-0.05, 0) is 42.8 Å². The first-order chi connectivity index (χ1) is 12.1. The summed E-state index contributed by atoms with van der Waals surface area (Å²) in [6, 6.07) is 14.4. The summed E-state index contributed by atoms with van der Waals surface area (Å²) in [6.07, 6.45) is 3.45. The molecule has 0 unspecified atom stereocenters. The fourth-order valence-electron chi connectivity index (χ4n) is 2.56. The molecule has 2 amide bonds. The Morgan fingerprint density at radius 1 is 0.960 bits per heavy atom. The lowest BCUT2D eigenvalue weighted by Gasteiger charge is -2.14. The first-order valence-corrected chi connectivity index (χ1v) is 7.84. The summed E-state index contributed by atoms with van der Waals surface area (Å²) in [6.45, 7) is 3.30. The van der Waals surface area contributed by atoms with Crippen LogP contribution >= 0.6 is 0 Å². The summed E-state index contributed by atoms with van der Waals surface area (Å²) < 4.78 is 1.65. The van der Waals surface area contributed by atoms with Gasteiger partial charge in [-0.1, -0.05) is 18.2 Å². The number of aromatic nitrogens is 2. The van der Waals surface area contributed by atoms with E-state index in [-0.39, 0.29) is 11.8 Å². The predicted molar refractivity (Wildman–Crippen MR) is 97.0 cm³/mol. The Morgan fingerprint density at radius 3 is 2.36 bits per heavy atom. The number of amides is 2. The van der Waals surface area contributed by atoms with Gasteiger partial charge in [0.05, 0.1) is 11.3 Å². The van der Waals surface area contributed by atoms with E-state index in [9.17, 15) is 9.59 Å². The molecule has 0 saturated carbocycles. The number of rotatable bonds is 4. The molecule has 0 fully saturated rings. The summed E-state index contributed by atoms with van der Waals surface area (Å²) >= 11 is 0. The van der Waals surface area contributed by atoms with Crippen molar-refractivity contribution < 1.29 is 9.59 Å². The zero-order valence-corrected chi connectivity index (χ0v) is 14.0. The Morgan fingerprint density at radius 2 is 1.68 bits per heavy atom. The smallest absolute Gasteiger partial charge is 0.257 e. The topological polar surface area (TPSA) is 76.0 Å². The van der Waals surface area contributed by atoms with Crippen molar-refractivity contribution in [1.82, 2.24) is 9.78 Å². The maximum atomic E-state index is 12.8. The number of carbonyl (C=O) groups is 2. The Hall–Kier alpha value is -3.41. The highest BCUT2D eigenvalue weighted by Gasteiger charge is 2.14. The van der Waals surface area contributed by atoms with Gasteiger partial charge in [-0.15, -0.1) is 0 Å². The lowest BCUT2D eigenvalue weighted by molar-refractivity contribution is -0.114. The minimum Gasteiger partial charge on any atom is -0.326 e. The monoisotopic (exact) mass is 334 g/mol. The fourth-order valence-corrected chi connectivity index (χ4v) is 2.56. The van der Waals surface area contributed by atoms with Gasteiger partial charge in [0, 0.05) is 30.7 Å². The van der Waals surface area contributed by atoms with Gasteiger partial charge < -0.3 is 10.6 Å². The fraction of sp³-hybridized carbons (Fsp3) is 0.105. The summed E-state index contributed by atoms with van der Waals surface area (Å²) in [4.78, 5) is 24.1. The number of anilines is 2. The SMILES string of the molecule is CC(=O)Nc1cccc(NC(=O)c2ccccc2-n2cccn2)c1C. The van der Waals surface area contributed by atoms with E-state index in [1.165, 1.54) is 6.92 Å². The second-order valence-electron chi connectivity index (χ2n) is 5.58. The number of carbonyl (C=O) groups excluding carboxylic acids is 2. The number of benzene rings is 2. The average molecular weight is 334 g/mol. The quantitative estimate of drug-likeness (QED) is 0.768. The van der Waals surface area contributed by atoms with Crippen LogP contribution in [0, 0.1) is 6.92 Å². The van der Waals surface area contributed by atoms with Crippen molar-refractivity contribution in [3.63, 3.8) is 0 Å². The number of hydrogen-bond donors (Lipinski definition) is 2. The van der Waals surface area contributed by atoms with Crippen molar-refractivity contribution in [2.24, 2.45) is 0 Å². The average Bonchev–Trinajstić information content (AvgIpc) is 3.12. The Bertz CT molecular complexity index is 917. The molecule has 1 aromatic heterocycles. The van der Waals surface area contributed by atoms with Crippen molar-refractivity contribution in [3.8, 4) is 5.69 Å². The van der Waals surface area contributed by atoms with E-state index in [1.54, 1.807) is 47.4 Å². The molecule has 0 spiro atoms. The third-order valence-corrected chi connectivity index (χ3v) is 3.79. The van der Waals surface area contributed by atoms with Crippen LogP contribution in [0.1, 0.15) is 22.8 Å². The highest BCUT2D eigenvalue weighted by Crippen LogP contribution is 2.24. The summed E-state index contributed by atoms with van der Waals surface area (Å²) in [5, 5.41) is 9.86. The van der Waals surface area contributed by atoms with Crippen LogP contribution in [0.2, 0.25) is 0 Å². The standard InChI is InChI=1S/C19H18N4O2/c1-13-16(21-14(2)24)8-5-9-17(13)22-19(25)15-7-3-4-10-18(15)23-12-6-11-20-23/h3-12H,1-2H3,(H,21,24)(H,22,25). The summed E-state index contributed by atoms with van der Waals surface area (Å²) in [7, 11) is 0. The van der Waals surface area contributed by atoms with E-state index in [0.29, 0.717) is 22.6 Å². The van der Waals surface area contributed by atoms with E-state index >= 15 is 0 Å². The van der Waals surface area contributed by atoms with Gasteiger partial charge in [-0.2, -0.15) is 5.10 Å². The van der Waals surface area contributed by atoms with Crippen LogP contribution in [0.3, 0.4) is 0 Å². The molecular formula is C19H18N4O2. The molecule has 6 nitrogen and oxygen atoms in total. The van der Waals surface area contributed by atoms with Crippen LogP contribution in [0.25, 0.3) is 5.69 Å². The van der Waals surface area contributed by atoms with Gasteiger partial charge in [-0.3, -0.25) is 9.59 Å². The maximum Gasteiger partial charge on any atom is 0.257 e. The zero-order chi connectivity index (χ0) is 17.8. The van der Waals surface area contributed by atoms with Crippen LogP contribution in [-0.4, -0.2) is 21.6 Å². The third-order valence-electron chi connectivity index (χ3n) is 3.79. The molecule has 3 rings (SSSR count). The minimum atomic E-state index is -0.242. The van der Waals surface area contributed by atoms with Gasteiger partial charge in [-0.25, -0.2) is 4.68 Å². The van der Waals surface area contributed by atoms with Gasteiger partial charge >= 0.3 is 0 Å². The molecule has 0 aliphatic carbocycles. The van der Waals surface area contributed by atoms with Crippen LogP contribution in [0.15, 0.2) is 60.9 Å². The molecule has 1 heterocycles. The van der Waals surface area contributed by atoms with Gasteiger partial charge in [0.2, 0.25) is 5.91 Å². The van der Waals surface area contributed by atoms with E-state index in [0.717, 1.165) is 5.56 Å². The molecule has 2 aromatic carbocycles. The van der Waals surface area contributed by atoms with Gasteiger partial charge in [0.1, 0.15) is 0 Å². The van der Waals surface area contributed by atoms with E-state index in [1.807, 2.05) is 25.1 Å². The number of hydrogen-bond acceptors (Lipinski definition) is 3. The third kappa shape index (κ3) is 3.58. The van der Waals surface area contributed by atoms with Crippen LogP contribution in [-0.2, 0) is 4.79 Å². The van der Waals surface area contributed by atoms with Crippen molar-refractivity contribution in [3.05, 3.63) is 72.1 Å². The first kappa shape index (κ1) is 16.4. The van der Waals surface area contributed by atoms with Crippen molar-refractivity contribution in [2.75, 3.05) is 10.6 Å². The predicted octanol–water partition coefficient (Wildman–Crippen LogP) is 3.39. The normalized spacial score (nSPS) is 10.3. The molecule has 25 heavy (non-hydrogen) atoms. The molecule has 3 aromatic rings. The van der Waals surface area contributed by atoms with Crippen molar-refractivity contribution in [1.29, 1.82) is 0 Å². The van der Waals surface area contributed by atoms with E-state index in [2.05, 4.69) is 15.7 Å². The van der Waals surface area contributed by atoms with E-state index in [4.69, 9.17) is 0 Å². The number of para-hydroxylation sites is 1. The largest absolute Gasteiger partial charge is 0.326 e. The second kappa shape index (κ2) is 7.00. The maximum absolute atomic E-state index is 12.8. The zero-order valence-electron chi connectivity index (χ0n) is 14.0. The minimum absolute atomic E-state index is 0.157.